The van der Waals surface area contributed by atoms with Gasteiger partial charge < -0.3 is 25.0 Å². The number of hydrogen-bond acceptors (Lipinski definition) is 7. The topological polar surface area (TPSA) is 125 Å². The summed E-state index contributed by atoms with van der Waals surface area (Å²) in [7, 11) is 0. The van der Waals surface area contributed by atoms with Crippen LogP contribution in [0.1, 0.15) is 68.6 Å². The van der Waals surface area contributed by atoms with Crippen molar-refractivity contribution in [1.82, 2.24) is 15.8 Å². The van der Waals surface area contributed by atoms with Crippen LogP contribution in [0.4, 0.5) is 11.4 Å². The molecule has 1 saturated carbocycles. The van der Waals surface area contributed by atoms with Crippen molar-refractivity contribution in [2.24, 2.45) is 5.41 Å². The third-order valence-electron chi connectivity index (χ3n) is 7.97. The standard InChI is InChI=1S/C28H35N5O5/c1-18-15-20(31-38-18)24(35)30-28(12-7-4-8-13-28)25(36)29-19-11-14-32(16-23(19)34)21-9-5-6-10-22(21)33-17-27(2,3)26(33)37/h5-6,9-10,15,19H,4,7-8,11-14,16-17H2,1-3H3,(H,29,36)(H,30,35). The van der Waals surface area contributed by atoms with E-state index >= 15 is 0 Å². The molecule has 3 amide bonds. The SMILES string of the molecule is Cc1cc(C(=O)NC2(C(=O)NC3CCN(c4ccccc4N4CC(C)(C)C4=O)CC3=O)CCCCC2)no1. The number of Topliss-reactive ketones (excluding diaryl/α,β-unsaturated/α-hetero) is 1. The number of carbonyl (C=O) groups excluding carboxylic acids is 4. The van der Waals surface area contributed by atoms with E-state index in [-0.39, 0.29) is 35.3 Å². The van der Waals surface area contributed by atoms with E-state index < -0.39 is 17.5 Å². The van der Waals surface area contributed by atoms with Gasteiger partial charge in [0.25, 0.3) is 5.91 Å². The summed E-state index contributed by atoms with van der Waals surface area (Å²) in [6.45, 7) is 6.87. The quantitative estimate of drug-likeness (QED) is 0.560. The van der Waals surface area contributed by atoms with E-state index in [9.17, 15) is 19.2 Å². The molecular weight excluding hydrogens is 486 g/mol. The molecular formula is C28H35N5O5. The zero-order valence-electron chi connectivity index (χ0n) is 22.2. The number of para-hydroxylation sites is 2. The van der Waals surface area contributed by atoms with Crippen molar-refractivity contribution in [2.45, 2.75) is 70.9 Å². The Morgan fingerprint density at radius 1 is 1.08 bits per heavy atom. The molecule has 38 heavy (non-hydrogen) atoms. The second kappa shape index (κ2) is 9.89. The Kier molecular flexibility index (Phi) is 6.75. The molecule has 1 aromatic heterocycles. The number of anilines is 2. The van der Waals surface area contributed by atoms with E-state index in [1.807, 2.05) is 43.0 Å². The Hall–Kier alpha value is -3.69. The molecule has 0 bridgehead atoms. The maximum Gasteiger partial charge on any atom is 0.274 e. The van der Waals surface area contributed by atoms with Gasteiger partial charge in [-0.2, -0.15) is 0 Å². The molecule has 5 rings (SSSR count). The predicted octanol–water partition coefficient (Wildman–Crippen LogP) is 2.75. The first kappa shape index (κ1) is 25.9. The second-order valence-electron chi connectivity index (χ2n) is 11.4. The van der Waals surface area contributed by atoms with Gasteiger partial charge >= 0.3 is 0 Å². The highest BCUT2D eigenvalue weighted by Gasteiger charge is 2.46. The number of rotatable bonds is 6. The second-order valence-corrected chi connectivity index (χ2v) is 11.4. The number of aromatic nitrogens is 1. The van der Waals surface area contributed by atoms with Crippen LogP contribution in [0, 0.1) is 12.3 Å². The molecule has 0 radical (unpaired) electrons. The van der Waals surface area contributed by atoms with Crippen LogP contribution in [0.15, 0.2) is 34.9 Å². The molecule has 2 aliphatic heterocycles. The van der Waals surface area contributed by atoms with Crippen molar-refractivity contribution in [3.63, 3.8) is 0 Å². The molecule has 2 saturated heterocycles. The largest absolute Gasteiger partial charge is 0.362 e. The number of aryl methyl sites for hydroxylation is 1. The van der Waals surface area contributed by atoms with Gasteiger partial charge in [0.05, 0.1) is 29.4 Å². The van der Waals surface area contributed by atoms with Crippen LogP contribution < -0.4 is 20.4 Å². The fraction of sp³-hybridized carbons (Fsp3) is 0.536. The number of hydrogen-bond donors (Lipinski definition) is 2. The fourth-order valence-electron chi connectivity index (χ4n) is 5.76. The molecule has 1 atom stereocenters. The van der Waals surface area contributed by atoms with Gasteiger partial charge in [0.15, 0.2) is 11.5 Å². The average Bonchev–Trinajstić information content (AvgIpc) is 3.35. The Bertz CT molecular complexity index is 1260. The molecule has 1 aromatic carbocycles. The number of β-lactam (4-membered cyclic amide) rings is 1. The maximum absolute atomic E-state index is 13.6. The molecule has 0 spiro atoms. The van der Waals surface area contributed by atoms with E-state index in [0.717, 1.165) is 30.6 Å². The van der Waals surface area contributed by atoms with Gasteiger partial charge in [-0.15, -0.1) is 0 Å². The first-order valence-electron chi connectivity index (χ1n) is 13.4. The summed E-state index contributed by atoms with van der Waals surface area (Å²) in [6, 6.07) is 8.53. The number of piperidine rings is 1. The van der Waals surface area contributed by atoms with Crippen LogP contribution in [0.2, 0.25) is 0 Å². The van der Waals surface area contributed by atoms with Crippen molar-refractivity contribution < 1.29 is 23.7 Å². The molecule has 1 unspecified atom stereocenters. The van der Waals surface area contributed by atoms with Crippen LogP contribution in [-0.4, -0.2) is 59.9 Å². The van der Waals surface area contributed by atoms with Gasteiger partial charge in [-0.05, 0) is 52.2 Å². The Balaban J connectivity index is 1.26. The van der Waals surface area contributed by atoms with Gasteiger partial charge in [-0.25, -0.2) is 0 Å². The molecule has 3 fully saturated rings. The van der Waals surface area contributed by atoms with Gasteiger partial charge in [0.2, 0.25) is 11.8 Å². The third kappa shape index (κ3) is 4.79. The van der Waals surface area contributed by atoms with Crippen LogP contribution >= 0.6 is 0 Å². The molecule has 10 heteroatoms. The van der Waals surface area contributed by atoms with Crippen LogP contribution in [0.25, 0.3) is 0 Å². The van der Waals surface area contributed by atoms with Crippen LogP contribution in [-0.2, 0) is 14.4 Å². The molecule has 10 nitrogen and oxygen atoms in total. The highest BCUT2D eigenvalue weighted by molar-refractivity contribution is 6.06. The van der Waals surface area contributed by atoms with E-state index in [1.54, 1.807) is 11.8 Å². The van der Waals surface area contributed by atoms with Crippen molar-refractivity contribution in [3.05, 3.63) is 41.8 Å². The maximum atomic E-state index is 13.6. The average molecular weight is 522 g/mol. The number of amides is 3. The summed E-state index contributed by atoms with van der Waals surface area (Å²) >= 11 is 0. The van der Waals surface area contributed by atoms with Gasteiger partial charge in [0, 0.05) is 19.2 Å². The van der Waals surface area contributed by atoms with Gasteiger partial charge in [0.1, 0.15) is 11.3 Å². The van der Waals surface area contributed by atoms with Gasteiger partial charge in [-0.1, -0.05) is 36.6 Å². The minimum absolute atomic E-state index is 0.0685. The fourth-order valence-corrected chi connectivity index (χ4v) is 5.76. The summed E-state index contributed by atoms with van der Waals surface area (Å²) in [5, 5.41) is 9.64. The first-order valence-corrected chi connectivity index (χ1v) is 13.4. The molecule has 3 heterocycles. The van der Waals surface area contributed by atoms with Gasteiger partial charge in [-0.3, -0.25) is 19.2 Å². The van der Waals surface area contributed by atoms with Crippen molar-refractivity contribution in [1.29, 1.82) is 0 Å². The van der Waals surface area contributed by atoms with E-state index in [2.05, 4.69) is 15.8 Å². The number of nitrogens with zero attached hydrogens (tertiary/aromatic N) is 3. The summed E-state index contributed by atoms with van der Waals surface area (Å²) in [5.41, 5.74) is 0.313. The molecule has 2 N–H and O–H groups in total. The summed E-state index contributed by atoms with van der Waals surface area (Å²) < 4.78 is 5.02. The van der Waals surface area contributed by atoms with E-state index in [0.29, 0.717) is 38.1 Å². The van der Waals surface area contributed by atoms with Crippen LogP contribution in [0.5, 0.6) is 0 Å². The third-order valence-corrected chi connectivity index (χ3v) is 7.97. The molecule has 202 valence electrons. The monoisotopic (exact) mass is 521 g/mol. The molecule has 1 aliphatic carbocycles. The van der Waals surface area contributed by atoms with E-state index in [1.165, 1.54) is 6.07 Å². The smallest absolute Gasteiger partial charge is 0.274 e. The highest BCUT2D eigenvalue weighted by atomic mass is 16.5. The summed E-state index contributed by atoms with van der Waals surface area (Å²) in [6.07, 6.45) is 4.04. The summed E-state index contributed by atoms with van der Waals surface area (Å²) in [5.74, 6) is -0.303. The van der Waals surface area contributed by atoms with Crippen molar-refractivity contribution >= 4 is 34.9 Å². The number of carbonyl (C=O) groups is 4. The van der Waals surface area contributed by atoms with Crippen LogP contribution in [0.3, 0.4) is 0 Å². The minimum atomic E-state index is -1.09. The Morgan fingerprint density at radius 3 is 2.39 bits per heavy atom. The minimum Gasteiger partial charge on any atom is -0.362 e. The summed E-state index contributed by atoms with van der Waals surface area (Å²) in [4.78, 5) is 56.1. The zero-order valence-corrected chi connectivity index (χ0v) is 22.2. The normalized spacial score (nSPS) is 22.6. The Morgan fingerprint density at radius 2 is 1.79 bits per heavy atom. The lowest BCUT2D eigenvalue weighted by molar-refractivity contribution is -0.133. The number of ketones is 1. The Labute approximate surface area is 222 Å². The zero-order chi connectivity index (χ0) is 27.1. The lowest BCUT2D eigenvalue weighted by Crippen LogP contribution is -2.63. The lowest BCUT2D eigenvalue weighted by Gasteiger charge is -2.46. The number of benzene rings is 1. The number of nitrogens with one attached hydrogen (secondary N) is 2. The highest BCUT2D eigenvalue weighted by Crippen LogP contribution is 2.40. The van der Waals surface area contributed by atoms with Crippen molar-refractivity contribution in [2.75, 3.05) is 29.4 Å². The molecule has 2 aromatic rings. The predicted molar refractivity (Wildman–Crippen MR) is 141 cm³/mol. The van der Waals surface area contributed by atoms with Crippen molar-refractivity contribution in [3.8, 4) is 0 Å². The first-order chi connectivity index (χ1) is 18.1. The van der Waals surface area contributed by atoms with E-state index in [4.69, 9.17) is 4.52 Å². The lowest BCUT2D eigenvalue weighted by atomic mass is 9.80. The molecule has 3 aliphatic rings.